The first-order chi connectivity index (χ1) is 12.2. The van der Waals surface area contributed by atoms with E-state index in [0.717, 1.165) is 62.3 Å². The molecule has 2 aliphatic rings. The fourth-order valence-electron chi connectivity index (χ4n) is 3.64. The van der Waals surface area contributed by atoms with Crippen LogP contribution in [0.2, 0.25) is 0 Å². The molecule has 4 rings (SSSR count). The first kappa shape index (κ1) is 16.5. The normalized spacial score (nSPS) is 23.9. The fraction of sp³-hybridized carbons (Fsp3) is 0.579. The number of aliphatic hydroxyl groups excluding tert-OH is 1. The molecular weight excluding hydrogens is 318 g/mol. The van der Waals surface area contributed by atoms with E-state index in [4.69, 9.17) is 4.52 Å². The predicted molar refractivity (Wildman–Crippen MR) is 91.9 cm³/mol. The maximum atomic E-state index is 9.80. The molecular formula is C19H25N3O3. The number of hydrogen-bond donors (Lipinski definition) is 2. The van der Waals surface area contributed by atoms with Crippen molar-refractivity contribution < 1.29 is 14.7 Å². The third kappa shape index (κ3) is 4.19. The summed E-state index contributed by atoms with van der Waals surface area (Å²) in [6.07, 6.45) is 5.72. The zero-order valence-electron chi connectivity index (χ0n) is 14.3. The standard InChI is InChI=1S/C19H25N3O3/c23-16-8-6-15(7-9-16)22(11-13-2-1-3-17(24)10-13)12-18-20-19(25-21-18)14-4-5-14/h1-3,10,14-16,23-24H,4-9,11-12H2. The second kappa shape index (κ2) is 7.14. The number of nitrogens with zero attached hydrogens (tertiary/aromatic N) is 3. The van der Waals surface area contributed by atoms with E-state index < -0.39 is 0 Å². The van der Waals surface area contributed by atoms with Gasteiger partial charge in [0, 0.05) is 18.5 Å². The number of benzene rings is 1. The summed E-state index contributed by atoms with van der Waals surface area (Å²) in [5.74, 6) is 2.25. The Morgan fingerprint density at radius 1 is 1.08 bits per heavy atom. The van der Waals surface area contributed by atoms with Gasteiger partial charge in [0.2, 0.25) is 5.89 Å². The number of aromatic nitrogens is 2. The van der Waals surface area contributed by atoms with Crippen LogP contribution in [-0.2, 0) is 13.1 Å². The quantitative estimate of drug-likeness (QED) is 0.839. The lowest BCUT2D eigenvalue weighted by atomic mass is 9.91. The SMILES string of the molecule is Oc1cccc(CN(Cc2noc(C3CC3)n2)C2CCC(O)CC2)c1. The molecule has 0 aliphatic heterocycles. The lowest BCUT2D eigenvalue weighted by Gasteiger charge is -2.35. The van der Waals surface area contributed by atoms with Crippen molar-refractivity contribution in [3.8, 4) is 5.75 Å². The van der Waals surface area contributed by atoms with Gasteiger partial charge in [-0.1, -0.05) is 17.3 Å². The predicted octanol–water partition coefficient (Wildman–Crippen LogP) is 2.96. The highest BCUT2D eigenvalue weighted by atomic mass is 16.5. The van der Waals surface area contributed by atoms with Crippen molar-refractivity contribution in [3.63, 3.8) is 0 Å². The molecule has 0 saturated heterocycles. The van der Waals surface area contributed by atoms with Crippen LogP contribution in [-0.4, -0.2) is 37.4 Å². The molecule has 2 saturated carbocycles. The van der Waals surface area contributed by atoms with E-state index in [2.05, 4.69) is 15.0 Å². The Labute approximate surface area is 147 Å². The molecule has 0 bridgehead atoms. The minimum absolute atomic E-state index is 0.175. The molecule has 2 fully saturated rings. The summed E-state index contributed by atoms with van der Waals surface area (Å²) >= 11 is 0. The molecule has 0 unspecified atom stereocenters. The summed E-state index contributed by atoms with van der Waals surface area (Å²) in [5, 5.41) is 23.7. The van der Waals surface area contributed by atoms with Gasteiger partial charge < -0.3 is 14.7 Å². The van der Waals surface area contributed by atoms with E-state index in [1.54, 1.807) is 12.1 Å². The van der Waals surface area contributed by atoms with Crippen LogP contribution in [0.5, 0.6) is 5.75 Å². The smallest absolute Gasteiger partial charge is 0.229 e. The van der Waals surface area contributed by atoms with E-state index >= 15 is 0 Å². The molecule has 1 aromatic carbocycles. The molecule has 2 N–H and O–H groups in total. The number of aromatic hydroxyl groups is 1. The molecule has 0 radical (unpaired) electrons. The second-order valence-corrected chi connectivity index (χ2v) is 7.36. The van der Waals surface area contributed by atoms with E-state index in [9.17, 15) is 10.2 Å². The van der Waals surface area contributed by atoms with Crippen LogP contribution in [0.1, 0.15) is 61.7 Å². The molecule has 2 aromatic rings. The van der Waals surface area contributed by atoms with Crippen LogP contribution in [0.25, 0.3) is 0 Å². The molecule has 134 valence electrons. The topological polar surface area (TPSA) is 82.6 Å². The third-order valence-electron chi connectivity index (χ3n) is 5.23. The number of rotatable bonds is 6. The van der Waals surface area contributed by atoms with Gasteiger partial charge in [-0.15, -0.1) is 0 Å². The molecule has 6 heteroatoms. The molecule has 0 spiro atoms. The summed E-state index contributed by atoms with van der Waals surface area (Å²) in [7, 11) is 0. The van der Waals surface area contributed by atoms with Gasteiger partial charge in [0.25, 0.3) is 0 Å². The Kier molecular flexibility index (Phi) is 4.72. The molecule has 25 heavy (non-hydrogen) atoms. The summed E-state index contributed by atoms with van der Waals surface area (Å²) in [5.41, 5.74) is 1.07. The lowest BCUT2D eigenvalue weighted by Crippen LogP contribution is -2.38. The van der Waals surface area contributed by atoms with Gasteiger partial charge in [0.15, 0.2) is 5.82 Å². The maximum absolute atomic E-state index is 9.80. The van der Waals surface area contributed by atoms with Crippen molar-refractivity contribution in [1.29, 1.82) is 0 Å². The van der Waals surface area contributed by atoms with Crippen LogP contribution in [0, 0.1) is 0 Å². The second-order valence-electron chi connectivity index (χ2n) is 7.36. The van der Waals surface area contributed by atoms with Crippen molar-refractivity contribution in [2.24, 2.45) is 0 Å². The van der Waals surface area contributed by atoms with Gasteiger partial charge in [0.1, 0.15) is 5.75 Å². The summed E-state index contributed by atoms with van der Waals surface area (Å²) in [4.78, 5) is 6.91. The van der Waals surface area contributed by atoms with Gasteiger partial charge in [-0.3, -0.25) is 4.90 Å². The average molecular weight is 343 g/mol. The van der Waals surface area contributed by atoms with E-state index in [1.807, 2.05) is 12.1 Å². The minimum Gasteiger partial charge on any atom is -0.508 e. The highest BCUT2D eigenvalue weighted by Crippen LogP contribution is 2.39. The highest BCUT2D eigenvalue weighted by Gasteiger charge is 2.31. The monoisotopic (exact) mass is 343 g/mol. The van der Waals surface area contributed by atoms with Gasteiger partial charge in [-0.25, -0.2) is 0 Å². The molecule has 0 atom stereocenters. The van der Waals surface area contributed by atoms with E-state index in [0.29, 0.717) is 18.5 Å². The van der Waals surface area contributed by atoms with Gasteiger partial charge in [-0.05, 0) is 56.2 Å². The van der Waals surface area contributed by atoms with Crippen molar-refractivity contribution in [3.05, 3.63) is 41.5 Å². The van der Waals surface area contributed by atoms with Crippen LogP contribution in [0.4, 0.5) is 0 Å². The molecule has 0 amide bonds. The van der Waals surface area contributed by atoms with Crippen LogP contribution < -0.4 is 0 Å². The summed E-state index contributed by atoms with van der Waals surface area (Å²) < 4.78 is 5.40. The van der Waals surface area contributed by atoms with Gasteiger partial charge in [-0.2, -0.15) is 4.98 Å². The van der Waals surface area contributed by atoms with Crippen molar-refractivity contribution in [2.75, 3.05) is 0 Å². The largest absolute Gasteiger partial charge is 0.508 e. The average Bonchev–Trinajstić information content (AvgIpc) is 3.35. The Hall–Kier alpha value is -1.92. The van der Waals surface area contributed by atoms with Crippen molar-refractivity contribution in [1.82, 2.24) is 15.0 Å². The zero-order valence-corrected chi connectivity index (χ0v) is 14.3. The van der Waals surface area contributed by atoms with E-state index in [-0.39, 0.29) is 11.9 Å². The maximum Gasteiger partial charge on any atom is 0.229 e. The van der Waals surface area contributed by atoms with Crippen molar-refractivity contribution >= 4 is 0 Å². The lowest BCUT2D eigenvalue weighted by molar-refractivity contribution is 0.0649. The number of hydrogen-bond acceptors (Lipinski definition) is 6. The minimum atomic E-state index is -0.175. The van der Waals surface area contributed by atoms with E-state index in [1.165, 1.54) is 0 Å². The Balaban J connectivity index is 1.49. The number of phenolic OH excluding ortho intramolecular Hbond substituents is 1. The van der Waals surface area contributed by atoms with Crippen molar-refractivity contribution in [2.45, 2.75) is 69.7 Å². The number of aliphatic hydroxyl groups is 1. The van der Waals surface area contributed by atoms with Crippen LogP contribution in [0.3, 0.4) is 0 Å². The van der Waals surface area contributed by atoms with Crippen LogP contribution >= 0.6 is 0 Å². The van der Waals surface area contributed by atoms with Crippen LogP contribution in [0.15, 0.2) is 28.8 Å². The fourth-order valence-corrected chi connectivity index (χ4v) is 3.64. The zero-order chi connectivity index (χ0) is 17.2. The summed E-state index contributed by atoms with van der Waals surface area (Å²) in [6, 6.07) is 7.76. The highest BCUT2D eigenvalue weighted by molar-refractivity contribution is 5.27. The number of phenols is 1. The molecule has 1 heterocycles. The van der Waals surface area contributed by atoms with Gasteiger partial charge in [0.05, 0.1) is 12.6 Å². The third-order valence-corrected chi connectivity index (χ3v) is 5.23. The Morgan fingerprint density at radius 3 is 2.60 bits per heavy atom. The molecule has 2 aliphatic carbocycles. The summed E-state index contributed by atoms with van der Waals surface area (Å²) in [6.45, 7) is 1.36. The van der Waals surface area contributed by atoms with Gasteiger partial charge >= 0.3 is 0 Å². The Bertz CT molecular complexity index is 705. The first-order valence-electron chi connectivity index (χ1n) is 9.20. The molecule has 1 aromatic heterocycles. The first-order valence-corrected chi connectivity index (χ1v) is 9.20. The Morgan fingerprint density at radius 2 is 1.88 bits per heavy atom. The molecule has 6 nitrogen and oxygen atoms in total.